The minimum atomic E-state index is 0.304. The molecule has 2 heteroatoms. The molecule has 0 unspecified atom stereocenters. The summed E-state index contributed by atoms with van der Waals surface area (Å²) in [7, 11) is 3.99. The zero-order chi connectivity index (χ0) is 5.70. The van der Waals surface area contributed by atoms with E-state index in [9.17, 15) is 0 Å². The topological polar surface area (TPSA) is 25.5 Å². The minimum absolute atomic E-state index is 0.304. The average Bonchev–Trinajstić information content (AvgIpc) is 1.61. The van der Waals surface area contributed by atoms with Gasteiger partial charge in [0.25, 0.3) is 0 Å². The van der Waals surface area contributed by atoms with E-state index in [0.717, 1.165) is 13.0 Å². The van der Waals surface area contributed by atoms with E-state index in [2.05, 4.69) is 4.90 Å². The van der Waals surface area contributed by atoms with Crippen molar-refractivity contribution in [3.8, 4) is 0 Å². The van der Waals surface area contributed by atoms with Gasteiger partial charge < -0.3 is 4.90 Å². The highest BCUT2D eigenvalue weighted by Gasteiger charge is 1.84. The Bertz CT molecular complexity index is 35.1. The van der Waals surface area contributed by atoms with Crippen molar-refractivity contribution in [1.82, 2.24) is 10.6 Å². The van der Waals surface area contributed by atoms with E-state index in [1.54, 1.807) is 0 Å². The Kier molecular flexibility index (Phi) is 4.04. The lowest BCUT2D eigenvalue weighted by Crippen LogP contribution is -2.14. The van der Waals surface area contributed by atoms with Crippen molar-refractivity contribution < 1.29 is 0 Å². The predicted octanol–water partition coefficient (Wildman–Crippen LogP) is 0.00680. The molecule has 0 N–H and O–H groups in total. The van der Waals surface area contributed by atoms with Crippen LogP contribution in [0.25, 0.3) is 0 Å². The summed E-state index contributed by atoms with van der Waals surface area (Å²) in [5.74, 6) is 0. The number of nitrogens with zero attached hydrogens (tertiary/aromatic N) is 2. The molecule has 2 nitrogen and oxygen atoms in total. The summed E-state index contributed by atoms with van der Waals surface area (Å²) in [6.45, 7) is 1.29. The lowest BCUT2D eigenvalue weighted by atomic mass is 10.4. The molecule has 0 fully saturated rings. The predicted molar refractivity (Wildman–Crippen MR) is 30.2 cm³/mol. The molecule has 0 aliphatic carbocycles. The highest BCUT2D eigenvalue weighted by molar-refractivity contribution is 4.41. The summed E-state index contributed by atoms with van der Waals surface area (Å²) in [5.41, 5.74) is 8.29. The van der Waals surface area contributed by atoms with Gasteiger partial charge in [-0.1, -0.05) is 0 Å². The highest BCUT2D eigenvalue weighted by Crippen LogP contribution is 1.77. The Hall–Kier alpha value is -0.0800. The summed E-state index contributed by atoms with van der Waals surface area (Å²) < 4.78 is 0. The van der Waals surface area contributed by atoms with Gasteiger partial charge in [-0.05, 0) is 27.1 Å². The van der Waals surface area contributed by atoms with Crippen LogP contribution in [-0.4, -0.2) is 32.1 Å². The van der Waals surface area contributed by atoms with Crippen LogP contribution in [0, 0.1) is 0 Å². The second-order valence-electron chi connectivity index (χ2n) is 1.88. The average molecular weight is 100 g/mol. The number of rotatable bonds is 3. The zero-order valence-electron chi connectivity index (χ0n) is 5.02. The lowest BCUT2D eigenvalue weighted by Gasteiger charge is -2.05. The fourth-order valence-electron chi connectivity index (χ4n) is 0.387. The molecule has 0 saturated carbocycles. The van der Waals surface area contributed by atoms with Crippen molar-refractivity contribution in [2.24, 2.45) is 0 Å². The second-order valence-corrected chi connectivity index (χ2v) is 1.88. The quantitative estimate of drug-likeness (QED) is 0.490. The maximum Gasteiger partial charge on any atom is 0.0333 e. The molecule has 0 rings (SSSR count). The molecule has 0 atom stereocenters. The number of hydrogen-bond acceptors (Lipinski definition) is 1. The van der Waals surface area contributed by atoms with Gasteiger partial charge in [0.05, 0.1) is 0 Å². The fourth-order valence-corrected chi connectivity index (χ4v) is 0.387. The third-order valence-electron chi connectivity index (χ3n) is 0.763. The first kappa shape index (κ1) is 6.92. The Morgan fingerprint density at radius 1 is 1.43 bits per heavy atom. The second kappa shape index (κ2) is 4.09. The first-order valence-corrected chi connectivity index (χ1v) is 2.53. The number of hydrogen-bond donors (Lipinski definition) is 0. The van der Waals surface area contributed by atoms with Crippen molar-refractivity contribution in [3.05, 3.63) is 0 Å². The van der Waals surface area contributed by atoms with Crippen LogP contribution < -0.4 is 5.73 Å². The van der Waals surface area contributed by atoms with Gasteiger partial charge in [-0.2, -0.15) is 0 Å². The van der Waals surface area contributed by atoms with Gasteiger partial charge in [0.1, 0.15) is 0 Å². The van der Waals surface area contributed by atoms with Gasteiger partial charge in [-0.15, -0.1) is 5.73 Å². The van der Waals surface area contributed by atoms with Gasteiger partial charge in [0.15, 0.2) is 0 Å². The molecule has 0 aromatic rings. The third-order valence-corrected chi connectivity index (χ3v) is 0.763. The summed E-state index contributed by atoms with van der Waals surface area (Å²) >= 11 is 0. The van der Waals surface area contributed by atoms with E-state index in [0.29, 0.717) is 6.54 Å². The van der Waals surface area contributed by atoms with Crippen molar-refractivity contribution in [2.75, 3.05) is 27.2 Å². The fraction of sp³-hybridized carbons (Fsp3) is 1.00. The van der Waals surface area contributed by atoms with Crippen molar-refractivity contribution in [2.45, 2.75) is 6.42 Å². The van der Waals surface area contributed by atoms with Gasteiger partial charge in [-0.3, -0.25) is 0 Å². The molecule has 0 saturated heterocycles. The Morgan fingerprint density at radius 2 is 2.00 bits per heavy atom. The van der Waals surface area contributed by atoms with Crippen molar-refractivity contribution >= 4 is 0 Å². The van der Waals surface area contributed by atoms with E-state index in [-0.39, 0.29) is 0 Å². The summed E-state index contributed by atoms with van der Waals surface area (Å²) in [4.78, 5) is 2.05. The Morgan fingerprint density at radius 3 is 2.14 bits per heavy atom. The molecule has 0 aromatic carbocycles. The van der Waals surface area contributed by atoms with Gasteiger partial charge in [0.2, 0.25) is 0 Å². The van der Waals surface area contributed by atoms with Gasteiger partial charge in [0, 0.05) is 6.54 Å². The molecule has 0 aliphatic rings. The molecule has 42 valence electrons. The molecule has 2 radical (unpaired) electrons. The molecular formula is C5H12N2. The zero-order valence-corrected chi connectivity index (χ0v) is 5.02. The maximum absolute atomic E-state index is 8.29. The molecular weight excluding hydrogens is 88.1 g/mol. The first-order valence-electron chi connectivity index (χ1n) is 2.53. The van der Waals surface area contributed by atoms with E-state index < -0.39 is 0 Å². The largest absolute Gasteiger partial charge is 0.309 e. The maximum atomic E-state index is 8.29. The van der Waals surface area contributed by atoms with Crippen LogP contribution in [0.3, 0.4) is 0 Å². The van der Waals surface area contributed by atoms with Crippen LogP contribution in [0.5, 0.6) is 0 Å². The molecule has 0 amide bonds. The minimum Gasteiger partial charge on any atom is -0.309 e. The third kappa shape index (κ3) is 5.92. The first-order chi connectivity index (χ1) is 3.27. The van der Waals surface area contributed by atoms with Crippen LogP contribution >= 0.6 is 0 Å². The summed E-state index contributed by atoms with van der Waals surface area (Å²) in [6, 6.07) is 0. The normalized spacial score (nSPS) is 10.3. The lowest BCUT2D eigenvalue weighted by molar-refractivity contribution is 0.402. The molecule has 0 heterocycles. The van der Waals surface area contributed by atoms with E-state index in [4.69, 9.17) is 5.73 Å². The van der Waals surface area contributed by atoms with Gasteiger partial charge in [-0.25, -0.2) is 0 Å². The van der Waals surface area contributed by atoms with E-state index >= 15 is 0 Å². The molecule has 0 bridgehead atoms. The Labute approximate surface area is 45.3 Å². The van der Waals surface area contributed by atoms with Crippen LogP contribution in [0.4, 0.5) is 0 Å². The van der Waals surface area contributed by atoms with E-state index in [1.165, 1.54) is 0 Å². The highest BCUT2D eigenvalue weighted by atomic mass is 15.0. The van der Waals surface area contributed by atoms with E-state index in [1.807, 2.05) is 14.1 Å². The van der Waals surface area contributed by atoms with Gasteiger partial charge >= 0.3 is 0 Å². The Balaban J connectivity index is 2.68. The monoisotopic (exact) mass is 100 g/mol. The summed E-state index contributed by atoms with van der Waals surface area (Å²) in [5, 5.41) is 0. The standard InChI is InChI=1S/C5H12N2/c1-7(2)5-3-4-6/h3-5H2,1-2H3. The van der Waals surface area contributed by atoms with Crippen LogP contribution in [0.15, 0.2) is 0 Å². The van der Waals surface area contributed by atoms with Crippen LogP contribution in [0.2, 0.25) is 0 Å². The van der Waals surface area contributed by atoms with Crippen molar-refractivity contribution in [3.63, 3.8) is 0 Å². The molecule has 0 aliphatic heterocycles. The van der Waals surface area contributed by atoms with Crippen molar-refractivity contribution in [1.29, 1.82) is 0 Å². The smallest absolute Gasteiger partial charge is 0.0333 e. The molecule has 0 spiro atoms. The van der Waals surface area contributed by atoms with Crippen LogP contribution in [0.1, 0.15) is 6.42 Å². The SMILES string of the molecule is CN(C)CCC[N]. The summed E-state index contributed by atoms with van der Waals surface area (Å²) in [6.07, 6.45) is 0.882. The molecule has 7 heavy (non-hydrogen) atoms. The molecule has 0 aromatic heterocycles. The van der Waals surface area contributed by atoms with Crippen LogP contribution in [-0.2, 0) is 0 Å².